The minimum atomic E-state index is -0.346. The molecule has 7 heteroatoms. The number of hydrogen-bond acceptors (Lipinski definition) is 5. The zero-order valence-electron chi connectivity index (χ0n) is 12.5. The van der Waals surface area contributed by atoms with Crippen molar-refractivity contribution in [3.8, 4) is 5.69 Å². The number of carbonyl (C=O) groups is 1. The summed E-state index contributed by atoms with van der Waals surface area (Å²) in [6.45, 7) is 5.64. The molecule has 0 saturated carbocycles. The van der Waals surface area contributed by atoms with E-state index in [2.05, 4.69) is 25.2 Å². The number of aromatic nitrogens is 4. The van der Waals surface area contributed by atoms with Gasteiger partial charge in [-0.1, -0.05) is 5.16 Å². The van der Waals surface area contributed by atoms with Crippen molar-refractivity contribution in [2.24, 2.45) is 0 Å². The Hall–Kier alpha value is -2.96. The predicted molar refractivity (Wildman–Crippen MR) is 80.0 cm³/mol. The second-order valence-electron chi connectivity index (χ2n) is 4.98. The molecule has 0 aliphatic rings. The zero-order valence-corrected chi connectivity index (χ0v) is 12.5. The van der Waals surface area contributed by atoms with Crippen LogP contribution in [-0.2, 0) is 0 Å². The lowest BCUT2D eigenvalue weighted by molar-refractivity contribution is 0.101. The number of amides is 1. The first kappa shape index (κ1) is 14.0. The molecule has 3 rings (SSSR count). The third kappa shape index (κ3) is 2.48. The van der Waals surface area contributed by atoms with Gasteiger partial charge in [-0.15, -0.1) is 0 Å². The number of aryl methyl sites for hydroxylation is 2. The number of imidazole rings is 1. The van der Waals surface area contributed by atoms with E-state index < -0.39 is 0 Å². The molecule has 112 valence electrons. The monoisotopic (exact) mass is 297 g/mol. The number of nitrogens with zero attached hydrogens (tertiary/aromatic N) is 4. The van der Waals surface area contributed by atoms with Crippen molar-refractivity contribution >= 4 is 11.6 Å². The quantitative estimate of drug-likeness (QED) is 0.802. The second kappa shape index (κ2) is 5.44. The summed E-state index contributed by atoms with van der Waals surface area (Å²) >= 11 is 0. The maximum atomic E-state index is 12.0. The Kier molecular flexibility index (Phi) is 3.46. The number of anilines is 1. The van der Waals surface area contributed by atoms with Crippen molar-refractivity contribution in [2.75, 3.05) is 5.32 Å². The number of carbonyl (C=O) groups excluding carboxylic acids is 1. The Balaban J connectivity index is 1.79. The van der Waals surface area contributed by atoms with Gasteiger partial charge < -0.3 is 9.88 Å². The van der Waals surface area contributed by atoms with E-state index in [1.54, 1.807) is 13.3 Å². The third-order valence-electron chi connectivity index (χ3n) is 3.52. The molecule has 7 nitrogen and oxygen atoms in total. The molecule has 3 aromatic rings. The van der Waals surface area contributed by atoms with Crippen LogP contribution in [0.25, 0.3) is 5.69 Å². The largest absolute Gasteiger partial charge is 0.320 e. The van der Waals surface area contributed by atoms with Crippen LogP contribution in [-0.4, -0.2) is 25.8 Å². The molecule has 1 aromatic carbocycles. The summed E-state index contributed by atoms with van der Waals surface area (Å²) in [5.41, 5.74) is 4.37. The van der Waals surface area contributed by atoms with Crippen LogP contribution in [0.1, 0.15) is 27.6 Å². The van der Waals surface area contributed by atoms with Crippen LogP contribution in [0, 0.1) is 20.8 Å². The van der Waals surface area contributed by atoms with Crippen LogP contribution in [0.4, 0.5) is 5.69 Å². The van der Waals surface area contributed by atoms with Crippen molar-refractivity contribution in [1.82, 2.24) is 19.9 Å². The minimum Gasteiger partial charge on any atom is -0.320 e. The van der Waals surface area contributed by atoms with Gasteiger partial charge in [0, 0.05) is 17.1 Å². The van der Waals surface area contributed by atoms with Crippen molar-refractivity contribution in [3.63, 3.8) is 0 Å². The van der Waals surface area contributed by atoms with E-state index in [0.29, 0.717) is 11.4 Å². The van der Waals surface area contributed by atoms with Crippen LogP contribution in [0.2, 0.25) is 0 Å². The molecular formula is C15H15N5O2. The van der Waals surface area contributed by atoms with E-state index in [-0.39, 0.29) is 11.6 Å². The van der Waals surface area contributed by atoms with E-state index >= 15 is 0 Å². The van der Waals surface area contributed by atoms with Gasteiger partial charge in [0.05, 0.1) is 12.0 Å². The highest BCUT2D eigenvalue weighted by Gasteiger charge is 2.15. The molecule has 0 aliphatic heterocycles. The minimum absolute atomic E-state index is 0.185. The van der Waals surface area contributed by atoms with Gasteiger partial charge in [0.25, 0.3) is 5.91 Å². The van der Waals surface area contributed by atoms with Crippen molar-refractivity contribution in [3.05, 3.63) is 53.4 Å². The summed E-state index contributed by atoms with van der Waals surface area (Å²) in [4.78, 5) is 16.3. The van der Waals surface area contributed by atoms with E-state index in [1.807, 2.05) is 42.7 Å². The highest BCUT2D eigenvalue weighted by molar-refractivity contribution is 6.03. The average Bonchev–Trinajstić information content (AvgIpc) is 3.07. The van der Waals surface area contributed by atoms with Gasteiger partial charge >= 0.3 is 0 Å². The zero-order chi connectivity index (χ0) is 15.7. The second-order valence-corrected chi connectivity index (χ2v) is 4.98. The summed E-state index contributed by atoms with van der Waals surface area (Å²) in [7, 11) is 0. The summed E-state index contributed by atoms with van der Waals surface area (Å²) in [5.74, 6) is -0.346. The van der Waals surface area contributed by atoms with Crippen LogP contribution in [0.5, 0.6) is 0 Å². The Morgan fingerprint density at radius 2 is 1.82 bits per heavy atom. The summed E-state index contributed by atoms with van der Waals surface area (Å²) in [6, 6.07) is 7.48. The molecule has 1 N–H and O–H groups in total. The molecule has 2 heterocycles. The molecule has 0 bridgehead atoms. The fraction of sp³-hybridized carbons (Fsp3) is 0.200. The van der Waals surface area contributed by atoms with E-state index in [1.165, 1.54) is 0 Å². The lowest BCUT2D eigenvalue weighted by Gasteiger charge is -2.07. The Morgan fingerprint density at radius 1 is 1.09 bits per heavy atom. The van der Waals surface area contributed by atoms with Gasteiger partial charge in [-0.2, -0.15) is 0 Å². The maximum Gasteiger partial charge on any atom is 0.279 e. The van der Waals surface area contributed by atoms with Crippen LogP contribution >= 0.6 is 0 Å². The Labute approximate surface area is 126 Å². The van der Waals surface area contributed by atoms with Crippen LogP contribution in [0.3, 0.4) is 0 Å². The fourth-order valence-corrected chi connectivity index (χ4v) is 2.09. The smallest absolute Gasteiger partial charge is 0.279 e. The first-order chi connectivity index (χ1) is 10.6. The highest BCUT2D eigenvalue weighted by atomic mass is 16.6. The first-order valence-corrected chi connectivity index (χ1v) is 6.78. The van der Waals surface area contributed by atoms with Crippen LogP contribution < -0.4 is 5.32 Å². The fourth-order valence-electron chi connectivity index (χ4n) is 2.09. The van der Waals surface area contributed by atoms with Gasteiger partial charge in [-0.25, -0.2) is 9.61 Å². The Morgan fingerprint density at radius 3 is 2.36 bits per heavy atom. The van der Waals surface area contributed by atoms with E-state index in [4.69, 9.17) is 0 Å². The molecule has 22 heavy (non-hydrogen) atoms. The number of rotatable bonds is 3. The average molecular weight is 297 g/mol. The standard InChI is InChI=1S/C15H15N5O2/c1-9-11(3)20(8-16-9)13-6-4-12(5-7-13)17-15(21)14-10(2)18-22-19-14/h4-8H,1-3H3,(H,17,21). The summed E-state index contributed by atoms with van der Waals surface area (Å²) in [5, 5.41) is 9.93. The normalized spacial score (nSPS) is 10.7. The predicted octanol–water partition coefficient (Wildman–Crippen LogP) is 2.43. The summed E-state index contributed by atoms with van der Waals surface area (Å²) in [6.07, 6.45) is 1.78. The molecule has 2 aromatic heterocycles. The highest BCUT2D eigenvalue weighted by Crippen LogP contribution is 2.17. The number of hydrogen-bond donors (Lipinski definition) is 1. The van der Waals surface area contributed by atoms with E-state index in [0.717, 1.165) is 17.1 Å². The van der Waals surface area contributed by atoms with Gasteiger partial charge in [0.1, 0.15) is 5.69 Å². The van der Waals surface area contributed by atoms with Crippen LogP contribution in [0.15, 0.2) is 35.2 Å². The SMILES string of the molecule is Cc1nonc1C(=O)Nc1ccc(-n2cnc(C)c2C)cc1. The Bertz CT molecular complexity index is 817. The lowest BCUT2D eigenvalue weighted by Crippen LogP contribution is -2.13. The molecule has 0 fully saturated rings. The number of benzene rings is 1. The van der Waals surface area contributed by atoms with Gasteiger partial charge in [-0.3, -0.25) is 4.79 Å². The molecule has 1 amide bonds. The molecule has 0 aliphatic carbocycles. The topological polar surface area (TPSA) is 85.8 Å². The van der Waals surface area contributed by atoms with Gasteiger partial charge in [-0.05, 0) is 50.2 Å². The van der Waals surface area contributed by atoms with Crippen molar-refractivity contribution in [1.29, 1.82) is 0 Å². The first-order valence-electron chi connectivity index (χ1n) is 6.78. The lowest BCUT2D eigenvalue weighted by atomic mass is 10.2. The molecule has 0 saturated heterocycles. The van der Waals surface area contributed by atoms with E-state index in [9.17, 15) is 4.79 Å². The van der Waals surface area contributed by atoms with Gasteiger partial charge in [0.2, 0.25) is 0 Å². The van der Waals surface area contributed by atoms with Crippen molar-refractivity contribution < 1.29 is 9.42 Å². The molecule has 0 spiro atoms. The molecular weight excluding hydrogens is 282 g/mol. The molecule has 0 atom stereocenters. The molecule has 0 radical (unpaired) electrons. The third-order valence-corrected chi connectivity index (χ3v) is 3.52. The van der Waals surface area contributed by atoms with Gasteiger partial charge in [0.15, 0.2) is 5.69 Å². The summed E-state index contributed by atoms with van der Waals surface area (Å²) < 4.78 is 6.52. The number of nitrogens with one attached hydrogen (secondary N) is 1. The molecule has 0 unspecified atom stereocenters. The van der Waals surface area contributed by atoms with Crippen molar-refractivity contribution in [2.45, 2.75) is 20.8 Å². The maximum absolute atomic E-state index is 12.0.